The molecule has 22 heavy (non-hydrogen) atoms. The number of aliphatic hydroxyl groups excluding tert-OH is 1. The monoisotopic (exact) mass is 288 g/mol. The van der Waals surface area contributed by atoms with Crippen molar-refractivity contribution in [2.45, 2.75) is 13.3 Å². The molecule has 1 nitrogen and oxygen atoms in total. The van der Waals surface area contributed by atoms with Crippen LogP contribution in [0.2, 0.25) is 0 Å². The lowest BCUT2D eigenvalue weighted by atomic mass is 9.94. The lowest BCUT2D eigenvalue weighted by Gasteiger charge is -2.10. The average Bonchev–Trinajstić information content (AvgIpc) is 2.56. The zero-order chi connectivity index (χ0) is 15.4. The molecule has 0 aliphatic rings. The molecule has 0 aliphatic carbocycles. The van der Waals surface area contributed by atoms with Gasteiger partial charge >= 0.3 is 0 Å². The fourth-order valence-corrected chi connectivity index (χ4v) is 2.92. The van der Waals surface area contributed by atoms with Crippen LogP contribution in [0.4, 0.5) is 0 Å². The standard InChI is InChI=1S/C21H20O/c1-16-17(8-4-2-3-7-15-22)11-14-21-19(16)13-12-18-9-5-6-10-20(18)21/h2-7,9-14,22H,8,15H2,1H3/b4-2+,7-3+. The Kier molecular flexibility index (Phi) is 4.36. The van der Waals surface area contributed by atoms with Gasteiger partial charge in [-0.05, 0) is 46.0 Å². The van der Waals surface area contributed by atoms with Gasteiger partial charge in [0.05, 0.1) is 6.61 Å². The Hall–Kier alpha value is -2.38. The summed E-state index contributed by atoms with van der Waals surface area (Å²) in [6, 6.07) is 17.4. The van der Waals surface area contributed by atoms with Gasteiger partial charge in [0.1, 0.15) is 0 Å². The van der Waals surface area contributed by atoms with Crippen LogP contribution in [0.5, 0.6) is 0 Å². The summed E-state index contributed by atoms with van der Waals surface area (Å²) in [5, 5.41) is 14.0. The van der Waals surface area contributed by atoms with E-state index in [2.05, 4.69) is 61.5 Å². The number of rotatable bonds is 4. The molecule has 0 fully saturated rings. The maximum atomic E-state index is 8.71. The third kappa shape index (κ3) is 2.81. The zero-order valence-corrected chi connectivity index (χ0v) is 12.8. The predicted molar refractivity (Wildman–Crippen MR) is 95.3 cm³/mol. The van der Waals surface area contributed by atoms with Gasteiger partial charge in [-0.2, -0.15) is 0 Å². The van der Waals surface area contributed by atoms with Gasteiger partial charge in [0, 0.05) is 0 Å². The van der Waals surface area contributed by atoms with Crippen molar-refractivity contribution in [3.05, 3.63) is 84.0 Å². The average molecular weight is 288 g/mol. The topological polar surface area (TPSA) is 20.2 Å². The van der Waals surface area contributed by atoms with Crippen molar-refractivity contribution in [1.29, 1.82) is 0 Å². The van der Waals surface area contributed by atoms with Crippen molar-refractivity contribution in [2.75, 3.05) is 6.61 Å². The summed E-state index contributed by atoms with van der Waals surface area (Å²) in [5.41, 5.74) is 2.69. The van der Waals surface area contributed by atoms with Crippen LogP contribution in [0.25, 0.3) is 21.5 Å². The molecular weight excluding hydrogens is 268 g/mol. The van der Waals surface area contributed by atoms with E-state index in [9.17, 15) is 0 Å². The molecule has 1 N–H and O–H groups in total. The summed E-state index contributed by atoms with van der Waals surface area (Å²) in [5.74, 6) is 0. The first-order valence-corrected chi connectivity index (χ1v) is 7.63. The minimum absolute atomic E-state index is 0.0897. The summed E-state index contributed by atoms with van der Waals surface area (Å²) in [4.78, 5) is 0. The molecule has 110 valence electrons. The zero-order valence-electron chi connectivity index (χ0n) is 12.8. The molecule has 0 aliphatic heterocycles. The number of hydrogen-bond acceptors (Lipinski definition) is 1. The Labute approximate surface area is 131 Å². The molecule has 0 radical (unpaired) electrons. The number of fused-ring (bicyclic) bond motifs is 3. The summed E-state index contributed by atoms with van der Waals surface area (Å²) in [6.07, 6.45) is 8.63. The molecule has 0 saturated heterocycles. The SMILES string of the molecule is Cc1c(C/C=C/C=C/CO)ccc2c1ccc1ccccc12. The van der Waals surface area contributed by atoms with E-state index in [-0.39, 0.29) is 6.61 Å². The normalized spacial score (nSPS) is 12.1. The van der Waals surface area contributed by atoms with Crippen LogP contribution in [0.15, 0.2) is 72.8 Å². The van der Waals surface area contributed by atoms with Gasteiger partial charge < -0.3 is 5.11 Å². The minimum atomic E-state index is 0.0897. The van der Waals surface area contributed by atoms with E-state index in [0.29, 0.717) is 0 Å². The molecule has 3 aromatic carbocycles. The number of allylic oxidation sites excluding steroid dienone is 3. The number of hydrogen-bond donors (Lipinski definition) is 1. The maximum Gasteiger partial charge on any atom is 0.0615 e. The smallest absolute Gasteiger partial charge is 0.0615 e. The van der Waals surface area contributed by atoms with E-state index in [1.165, 1.54) is 32.7 Å². The third-order valence-electron chi connectivity index (χ3n) is 4.13. The van der Waals surface area contributed by atoms with Gasteiger partial charge in [0.15, 0.2) is 0 Å². The summed E-state index contributed by atoms with van der Waals surface area (Å²) >= 11 is 0. The van der Waals surface area contributed by atoms with Crippen molar-refractivity contribution >= 4 is 21.5 Å². The van der Waals surface area contributed by atoms with E-state index < -0.39 is 0 Å². The number of benzene rings is 3. The summed E-state index contributed by atoms with van der Waals surface area (Å²) in [7, 11) is 0. The van der Waals surface area contributed by atoms with Crippen LogP contribution in [0.1, 0.15) is 11.1 Å². The van der Waals surface area contributed by atoms with Gasteiger partial charge in [-0.1, -0.05) is 72.8 Å². The van der Waals surface area contributed by atoms with Crippen molar-refractivity contribution < 1.29 is 5.11 Å². The Morgan fingerprint density at radius 2 is 1.59 bits per heavy atom. The molecule has 0 aromatic heterocycles. The highest BCUT2D eigenvalue weighted by Crippen LogP contribution is 2.29. The second-order valence-corrected chi connectivity index (χ2v) is 5.47. The van der Waals surface area contributed by atoms with Crippen LogP contribution in [0, 0.1) is 6.92 Å². The molecule has 3 rings (SSSR count). The lowest BCUT2D eigenvalue weighted by Crippen LogP contribution is -1.89. The quantitative estimate of drug-likeness (QED) is 0.532. The molecule has 1 heteroatoms. The van der Waals surface area contributed by atoms with Crippen LogP contribution < -0.4 is 0 Å². The fourth-order valence-electron chi connectivity index (χ4n) is 2.92. The molecular formula is C21H20O. The minimum Gasteiger partial charge on any atom is -0.392 e. The third-order valence-corrected chi connectivity index (χ3v) is 4.13. The molecule has 0 unspecified atom stereocenters. The van der Waals surface area contributed by atoms with Gasteiger partial charge in [0.2, 0.25) is 0 Å². The van der Waals surface area contributed by atoms with E-state index in [4.69, 9.17) is 5.11 Å². The summed E-state index contributed by atoms with van der Waals surface area (Å²) < 4.78 is 0. The van der Waals surface area contributed by atoms with Gasteiger partial charge in [-0.25, -0.2) is 0 Å². The predicted octanol–water partition coefficient (Wildman–Crippen LogP) is 4.95. The van der Waals surface area contributed by atoms with E-state index >= 15 is 0 Å². The van der Waals surface area contributed by atoms with Crippen LogP contribution in [-0.4, -0.2) is 11.7 Å². The number of aliphatic hydroxyl groups is 1. The van der Waals surface area contributed by atoms with Gasteiger partial charge in [-0.3, -0.25) is 0 Å². The Morgan fingerprint density at radius 3 is 2.45 bits per heavy atom. The maximum absolute atomic E-state index is 8.71. The molecule has 0 atom stereocenters. The Morgan fingerprint density at radius 1 is 0.818 bits per heavy atom. The van der Waals surface area contributed by atoms with E-state index in [1.54, 1.807) is 6.08 Å². The van der Waals surface area contributed by atoms with Crippen molar-refractivity contribution in [1.82, 2.24) is 0 Å². The van der Waals surface area contributed by atoms with Crippen LogP contribution in [0.3, 0.4) is 0 Å². The second kappa shape index (κ2) is 6.59. The first-order chi connectivity index (χ1) is 10.8. The largest absolute Gasteiger partial charge is 0.392 e. The molecule has 0 amide bonds. The highest BCUT2D eigenvalue weighted by atomic mass is 16.2. The second-order valence-electron chi connectivity index (χ2n) is 5.47. The molecule has 0 bridgehead atoms. The molecule has 0 spiro atoms. The molecule has 0 heterocycles. The van der Waals surface area contributed by atoms with Crippen molar-refractivity contribution in [2.24, 2.45) is 0 Å². The number of aryl methyl sites for hydroxylation is 1. The van der Waals surface area contributed by atoms with E-state index in [1.807, 2.05) is 12.2 Å². The first-order valence-electron chi connectivity index (χ1n) is 7.63. The Bertz CT molecular complexity index is 856. The highest BCUT2D eigenvalue weighted by molar-refractivity contribution is 6.08. The lowest BCUT2D eigenvalue weighted by molar-refractivity contribution is 0.343. The molecule has 3 aromatic rings. The highest BCUT2D eigenvalue weighted by Gasteiger charge is 2.05. The van der Waals surface area contributed by atoms with Gasteiger partial charge in [0.25, 0.3) is 0 Å². The van der Waals surface area contributed by atoms with Crippen LogP contribution in [-0.2, 0) is 6.42 Å². The van der Waals surface area contributed by atoms with Gasteiger partial charge in [-0.15, -0.1) is 0 Å². The Balaban J connectivity index is 2.01. The molecule has 0 saturated carbocycles. The van der Waals surface area contributed by atoms with Crippen molar-refractivity contribution in [3.8, 4) is 0 Å². The van der Waals surface area contributed by atoms with Crippen molar-refractivity contribution in [3.63, 3.8) is 0 Å². The van der Waals surface area contributed by atoms with E-state index in [0.717, 1.165) is 6.42 Å². The summed E-state index contributed by atoms with van der Waals surface area (Å²) in [6.45, 7) is 2.29. The first kappa shape index (κ1) is 14.6. The fraction of sp³-hybridized carbons (Fsp3) is 0.143. The van der Waals surface area contributed by atoms with Crippen LogP contribution >= 0.6 is 0 Å².